The van der Waals surface area contributed by atoms with Crippen LogP contribution in [0.15, 0.2) is 28.7 Å². The molecule has 0 radical (unpaired) electrons. The van der Waals surface area contributed by atoms with Crippen molar-refractivity contribution in [1.82, 2.24) is 0 Å². The van der Waals surface area contributed by atoms with Gasteiger partial charge in [-0.25, -0.2) is 0 Å². The zero-order valence-electron chi connectivity index (χ0n) is 8.50. The average Bonchev–Trinajstić information content (AvgIpc) is 2.11. The van der Waals surface area contributed by atoms with Crippen LogP contribution in [-0.4, -0.2) is 5.78 Å². The van der Waals surface area contributed by atoms with Crippen LogP contribution in [0.1, 0.15) is 37.2 Å². The molecule has 0 atom stereocenters. The molecule has 2 saturated carbocycles. The summed E-state index contributed by atoms with van der Waals surface area (Å²) >= 11 is 3.44. The first-order chi connectivity index (χ1) is 7.17. The SMILES string of the molecule is O=C1CC2(C1)CC(c1ccc(Br)cc1)C2. The molecule has 3 rings (SSSR count). The Morgan fingerprint density at radius 2 is 1.73 bits per heavy atom. The first-order valence-electron chi connectivity index (χ1n) is 5.44. The monoisotopic (exact) mass is 264 g/mol. The van der Waals surface area contributed by atoms with Gasteiger partial charge in [-0.3, -0.25) is 4.79 Å². The molecule has 0 aliphatic heterocycles. The first kappa shape index (κ1) is 9.59. The second-order valence-corrected chi connectivity index (χ2v) is 5.96. The molecule has 78 valence electrons. The predicted molar refractivity (Wildman–Crippen MR) is 62.8 cm³/mol. The van der Waals surface area contributed by atoms with E-state index in [9.17, 15) is 4.79 Å². The average molecular weight is 265 g/mol. The Bertz CT molecular complexity index is 391. The lowest BCUT2D eigenvalue weighted by atomic mass is 9.50. The molecule has 2 aliphatic rings. The van der Waals surface area contributed by atoms with E-state index in [1.165, 1.54) is 18.4 Å². The summed E-state index contributed by atoms with van der Waals surface area (Å²) < 4.78 is 1.14. The number of hydrogen-bond acceptors (Lipinski definition) is 1. The van der Waals surface area contributed by atoms with Crippen LogP contribution in [0, 0.1) is 5.41 Å². The number of hydrogen-bond donors (Lipinski definition) is 0. The Morgan fingerprint density at radius 1 is 1.13 bits per heavy atom. The van der Waals surface area contributed by atoms with Gasteiger partial charge in [0.15, 0.2) is 0 Å². The number of ketones is 1. The van der Waals surface area contributed by atoms with Gasteiger partial charge in [0.25, 0.3) is 0 Å². The number of rotatable bonds is 1. The Morgan fingerprint density at radius 3 is 2.27 bits per heavy atom. The van der Waals surface area contributed by atoms with Gasteiger partial charge in [-0.2, -0.15) is 0 Å². The Labute approximate surface area is 98.0 Å². The van der Waals surface area contributed by atoms with E-state index in [2.05, 4.69) is 40.2 Å². The lowest BCUT2D eigenvalue weighted by Crippen LogP contribution is -2.46. The zero-order valence-corrected chi connectivity index (χ0v) is 10.1. The Balaban J connectivity index is 1.67. The van der Waals surface area contributed by atoms with Crippen LogP contribution in [0.3, 0.4) is 0 Å². The van der Waals surface area contributed by atoms with Crippen LogP contribution in [0.5, 0.6) is 0 Å². The van der Waals surface area contributed by atoms with Crippen LogP contribution in [0.2, 0.25) is 0 Å². The van der Waals surface area contributed by atoms with Crippen LogP contribution in [0.25, 0.3) is 0 Å². The summed E-state index contributed by atoms with van der Waals surface area (Å²) in [4.78, 5) is 11.0. The number of Topliss-reactive ketones (excluding diaryl/α,β-unsaturated/α-hetero) is 1. The van der Waals surface area contributed by atoms with E-state index in [0.717, 1.165) is 17.3 Å². The number of benzene rings is 1. The fraction of sp³-hybridized carbons (Fsp3) is 0.462. The van der Waals surface area contributed by atoms with Crippen molar-refractivity contribution in [2.75, 3.05) is 0 Å². The summed E-state index contributed by atoms with van der Waals surface area (Å²) in [5.74, 6) is 1.16. The van der Waals surface area contributed by atoms with Gasteiger partial charge in [-0.05, 0) is 41.9 Å². The molecular formula is C13H13BrO. The summed E-state index contributed by atoms with van der Waals surface area (Å²) in [6.45, 7) is 0. The molecule has 2 fully saturated rings. The van der Waals surface area contributed by atoms with Gasteiger partial charge in [0.05, 0.1) is 0 Å². The van der Waals surface area contributed by atoms with Crippen LogP contribution >= 0.6 is 15.9 Å². The third kappa shape index (κ3) is 1.55. The quantitative estimate of drug-likeness (QED) is 0.757. The van der Waals surface area contributed by atoms with E-state index in [4.69, 9.17) is 0 Å². The van der Waals surface area contributed by atoms with Crippen LogP contribution < -0.4 is 0 Å². The third-order valence-electron chi connectivity index (χ3n) is 3.84. The minimum Gasteiger partial charge on any atom is -0.300 e. The van der Waals surface area contributed by atoms with Crippen molar-refractivity contribution in [3.8, 4) is 0 Å². The highest BCUT2D eigenvalue weighted by Gasteiger charge is 2.52. The summed E-state index contributed by atoms with van der Waals surface area (Å²) in [5, 5.41) is 0. The molecule has 0 unspecified atom stereocenters. The first-order valence-corrected chi connectivity index (χ1v) is 6.23. The van der Waals surface area contributed by atoms with Crippen molar-refractivity contribution in [1.29, 1.82) is 0 Å². The molecule has 0 N–H and O–H groups in total. The molecule has 15 heavy (non-hydrogen) atoms. The number of carbonyl (C=O) groups is 1. The van der Waals surface area contributed by atoms with Gasteiger partial charge in [0.1, 0.15) is 5.78 Å². The lowest BCUT2D eigenvalue weighted by Gasteiger charge is -2.53. The smallest absolute Gasteiger partial charge is 0.134 e. The molecule has 0 saturated heterocycles. The highest BCUT2D eigenvalue weighted by molar-refractivity contribution is 9.10. The van der Waals surface area contributed by atoms with Gasteiger partial charge in [-0.15, -0.1) is 0 Å². The Kier molecular flexibility index (Phi) is 2.03. The minimum absolute atomic E-state index is 0.425. The predicted octanol–water partition coefficient (Wildman–Crippen LogP) is 3.68. The van der Waals surface area contributed by atoms with E-state index in [0.29, 0.717) is 17.1 Å². The van der Waals surface area contributed by atoms with E-state index in [1.54, 1.807) is 0 Å². The van der Waals surface area contributed by atoms with Crippen molar-refractivity contribution in [2.24, 2.45) is 5.41 Å². The minimum atomic E-state index is 0.425. The maximum atomic E-state index is 11.0. The molecule has 0 aromatic heterocycles. The molecule has 2 heteroatoms. The van der Waals surface area contributed by atoms with Crippen molar-refractivity contribution in [2.45, 2.75) is 31.6 Å². The fourth-order valence-corrected chi connectivity index (χ4v) is 3.29. The highest BCUT2D eigenvalue weighted by Crippen LogP contribution is 2.60. The van der Waals surface area contributed by atoms with Crippen molar-refractivity contribution in [3.63, 3.8) is 0 Å². The molecule has 1 aromatic rings. The molecule has 1 nitrogen and oxygen atoms in total. The van der Waals surface area contributed by atoms with Crippen molar-refractivity contribution >= 4 is 21.7 Å². The maximum absolute atomic E-state index is 11.0. The maximum Gasteiger partial charge on any atom is 0.134 e. The largest absolute Gasteiger partial charge is 0.300 e. The topological polar surface area (TPSA) is 17.1 Å². The third-order valence-corrected chi connectivity index (χ3v) is 4.37. The second kappa shape index (κ2) is 3.18. The standard InChI is InChI=1S/C13H13BrO/c14-11-3-1-9(2-4-11)10-5-13(6-10)7-12(15)8-13/h1-4,10H,5-8H2. The molecule has 0 amide bonds. The molecular weight excluding hydrogens is 252 g/mol. The zero-order chi connectivity index (χ0) is 10.5. The van der Waals surface area contributed by atoms with Crippen LogP contribution in [0.4, 0.5) is 0 Å². The van der Waals surface area contributed by atoms with E-state index in [1.807, 2.05) is 0 Å². The van der Waals surface area contributed by atoms with E-state index >= 15 is 0 Å². The normalized spacial score (nSPS) is 23.7. The van der Waals surface area contributed by atoms with Crippen LogP contribution in [-0.2, 0) is 4.79 Å². The Hall–Kier alpha value is -0.630. The highest BCUT2D eigenvalue weighted by atomic mass is 79.9. The van der Waals surface area contributed by atoms with E-state index in [-0.39, 0.29) is 0 Å². The molecule has 1 aromatic carbocycles. The number of halogens is 1. The molecule has 0 bridgehead atoms. The molecule has 1 spiro atoms. The summed E-state index contributed by atoms with van der Waals surface area (Å²) in [5.41, 5.74) is 1.86. The summed E-state index contributed by atoms with van der Waals surface area (Å²) in [6.07, 6.45) is 4.14. The van der Waals surface area contributed by atoms with Gasteiger partial charge in [0, 0.05) is 17.3 Å². The fourth-order valence-electron chi connectivity index (χ4n) is 3.03. The summed E-state index contributed by atoms with van der Waals surface area (Å²) in [7, 11) is 0. The number of carbonyl (C=O) groups excluding carboxylic acids is 1. The second-order valence-electron chi connectivity index (χ2n) is 5.05. The molecule has 0 heterocycles. The van der Waals surface area contributed by atoms with E-state index < -0.39 is 0 Å². The van der Waals surface area contributed by atoms with Crippen molar-refractivity contribution < 1.29 is 4.79 Å². The molecule has 2 aliphatic carbocycles. The van der Waals surface area contributed by atoms with Gasteiger partial charge < -0.3 is 0 Å². The lowest BCUT2D eigenvalue weighted by molar-refractivity contribution is -0.139. The summed E-state index contributed by atoms with van der Waals surface area (Å²) in [6, 6.07) is 8.60. The van der Waals surface area contributed by atoms with Gasteiger partial charge in [-0.1, -0.05) is 28.1 Å². The van der Waals surface area contributed by atoms with Gasteiger partial charge >= 0.3 is 0 Å². The van der Waals surface area contributed by atoms with Crippen molar-refractivity contribution in [3.05, 3.63) is 34.3 Å². The van der Waals surface area contributed by atoms with Gasteiger partial charge in [0.2, 0.25) is 0 Å².